The van der Waals surface area contributed by atoms with Crippen molar-refractivity contribution in [1.29, 1.82) is 0 Å². The van der Waals surface area contributed by atoms with E-state index in [0.29, 0.717) is 11.8 Å². The fourth-order valence-corrected chi connectivity index (χ4v) is 8.82. The van der Waals surface area contributed by atoms with Crippen molar-refractivity contribution >= 4 is 17.0 Å². The van der Waals surface area contributed by atoms with Crippen molar-refractivity contribution in [3.63, 3.8) is 0 Å². The maximum absolute atomic E-state index is 6.58. The van der Waals surface area contributed by atoms with E-state index < -0.39 is 0 Å². The second kappa shape index (κ2) is 12.0. The molecule has 0 saturated heterocycles. The molecule has 5 unspecified atom stereocenters. The van der Waals surface area contributed by atoms with Crippen molar-refractivity contribution in [2.45, 2.75) is 63.5 Å². The minimum absolute atomic E-state index is 0.0835. The minimum Gasteiger partial charge on any atom is -0.484 e. The van der Waals surface area contributed by atoms with Gasteiger partial charge in [0.2, 0.25) is 0 Å². The lowest BCUT2D eigenvalue weighted by atomic mass is 9.79. The monoisotopic (exact) mass is 625 g/mol. The van der Waals surface area contributed by atoms with E-state index in [1.54, 1.807) is 0 Å². The Morgan fingerprint density at radius 2 is 1.73 bits per heavy atom. The highest BCUT2D eigenvalue weighted by Gasteiger charge is 2.34. The zero-order valence-electron chi connectivity index (χ0n) is 27.8. The Hall–Kier alpha value is -4.82. The lowest BCUT2D eigenvalue weighted by molar-refractivity contribution is 0.270. The summed E-state index contributed by atoms with van der Waals surface area (Å²) < 4.78 is 9.19. The Balaban J connectivity index is 1.06. The number of aromatic nitrogens is 1. The zero-order valence-corrected chi connectivity index (χ0v) is 27.8. The van der Waals surface area contributed by atoms with Crippen LogP contribution in [0, 0.1) is 11.8 Å². The van der Waals surface area contributed by atoms with Gasteiger partial charge in [-0.1, -0.05) is 127 Å². The van der Waals surface area contributed by atoms with Gasteiger partial charge in [0.25, 0.3) is 0 Å². The fraction of sp³-hybridized carbons (Fsp3) is 0.261. The normalized spacial score (nSPS) is 28.8. The highest BCUT2D eigenvalue weighted by Crippen LogP contribution is 2.48. The van der Waals surface area contributed by atoms with E-state index in [9.17, 15) is 0 Å². The minimum atomic E-state index is 0.0835. The van der Waals surface area contributed by atoms with Crippen LogP contribution in [0.25, 0.3) is 28.1 Å². The van der Waals surface area contributed by atoms with Crippen molar-refractivity contribution in [3.8, 4) is 16.9 Å². The molecule has 2 aromatic carbocycles. The first-order chi connectivity index (χ1) is 23.6. The van der Waals surface area contributed by atoms with Gasteiger partial charge in [-0.25, -0.2) is 0 Å². The number of allylic oxidation sites excluding steroid dienone is 16. The molecule has 0 saturated carbocycles. The van der Waals surface area contributed by atoms with Crippen LogP contribution in [0.4, 0.5) is 0 Å². The molecule has 3 aromatic rings. The van der Waals surface area contributed by atoms with Gasteiger partial charge in [0, 0.05) is 45.5 Å². The van der Waals surface area contributed by atoms with Gasteiger partial charge in [0.05, 0.1) is 6.04 Å². The first-order valence-corrected chi connectivity index (χ1v) is 17.9. The molecule has 238 valence electrons. The molecule has 0 amide bonds. The van der Waals surface area contributed by atoms with Crippen molar-refractivity contribution < 1.29 is 4.74 Å². The van der Waals surface area contributed by atoms with Crippen molar-refractivity contribution in [2.75, 3.05) is 0 Å². The third kappa shape index (κ3) is 4.93. The van der Waals surface area contributed by atoms with Gasteiger partial charge in [0.1, 0.15) is 11.9 Å². The second-order valence-electron chi connectivity index (χ2n) is 14.2. The predicted octanol–water partition coefficient (Wildman–Crippen LogP) is 11.6. The number of aryl methyl sites for hydroxylation is 1. The molecule has 1 aromatic heterocycles. The maximum atomic E-state index is 6.58. The lowest BCUT2D eigenvalue weighted by Gasteiger charge is -2.28. The van der Waals surface area contributed by atoms with Gasteiger partial charge in [-0.3, -0.25) is 0 Å². The summed E-state index contributed by atoms with van der Waals surface area (Å²) in [5.41, 5.74) is 13.3. The van der Waals surface area contributed by atoms with Gasteiger partial charge in [0.15, 0.2) is 0 Å². The summed E-state index contributed by atoms with van der Waals surface area (Å²) in [5, 5.41) is 1.38. The molecule has 2 nitrogen and oxygen atoms in total. The first-order valence-electron chi connectivity index (χ1n) is 17.9. The third-order valence-corrected chi connectivity index (χ3v) is 11.3. The summed E-state index contributed by atoms with van der Waals surface area (Å²) in [6.07, 6.45) is 41.5. The molecule has 2 heteroatoms. The highest BCUT2D eigenvalue weighted by molar-refractivity contribution is 5.93. The van der Waals surface area contributed by atoms with Crippen molar-refractivity contribution in [1.82, 2.24) is 4.57 Å². The van der Waals surface area contributed by atoms with E-state index in [0.717, 1.165) is 44.3 Å². The van der Waals surface area contributed by atoms with Crippen LogP contribution in [0.3, 0.4) is 0 Å². The SMILES string of the molecule is C=C1C/C=C\C(C2=CCCC=C2)/C(C)=C\C1C1=CCC(n2c3c(c4ccc(-c5cccc6c5OC5C=CC=CC65)cc42)CCC=C3)C=C1. The fourth-order valence-electron chi connectivity index (χ4n) is 8.82. The molecule has 0 radical (unpaired) electrons. The van der Waals surface area contributed by atoms with Crippen LogP contribution >= 0.6 is 0 Å². The van der Waals surface area contributed by atoms with Gasteiger partial charge < -0.3 is 9.30 Å². The van der Waals surface area contributed by atoms with E-state index in [1.807, 2.05) is 0 Å². The topological polar surface area (TPSA) is 14.2 Å². The number of hydrogen-bond acceptors (Lipinski definition) is 1. The molecule has 0 fully saturated rings. The van der Waals surface area contributed by atoms with Crippen LogP contribution in [-0.2, 0) is 6.42 Å². The molecule has 1 aliphatic heterocycles. The molecule has 0 spiro atoms. The van der Waals surface area contributed by atoms with Crippen LogP contribution in [-0.4, -0.2) is 10.7 Å². The third-order valence-electron chi connectivity index (χ3n) is 11.3. The second-order valence-corrected chi connectivity index (χ2v) is 14.2. The summed E-state index contributed by atoms with van der Waals surface area (Å²) >= 11 is 0. The van der Waals surface area contributed by atoms with E-state index >= 15 is 0 Å². The number of fused-ring (bicyclic) bond motifs is 6. The average molecular weight is 626 g/mol. The molecule has 0 N–H and O–H groups in total. The van der Waals surface area contributed by atoms with Gasteiger partial charge in [-0.05, 0) is 85.9 Å². The smallest absolute Gasteiger partial charge is 0.132 e. The zero-order chi connectivity index (χ0) is 32.2. The predicted molar refractivity (Wildman–Crippen MR) is 201 cm³/mol. The molecule has 5 atom stereocenters. The average Bonchev–Trinajstić information content (AvgIpc) is 3.68. The number of rotatable bonds is 4. The molecule has 2 heterocycles. The van der Waals surface area contributed by atoms with Gasteiger partial charge in [-0.2, -0.15) is 0 Å². The summed E-state index contributed by atoms with van der Waals surface area (Å²) in [4.78, 5) is 0. The van der Waals surface area contributed by atoms with E-state index in [2.05, 4.69) is 146 Å². The number of ether oxygens (including phenoxy) is 1. The van der Waals surface area contributed by atoms with E-state index in [-0.39, 0.29) is 18.1 Å². The van der Waals surface area contributed by atoms with Gasteiger partial charge >= 0.3 is 0 Å². The summed E-state index contributed by atoms with van der Waals surface area (Å²) in [6.45, 7) is 6.87. The quantitative estimate of drug-likeness (QED) is 0.263. The first kappa shape index (κ1) is 29.3. The highest BCUT2D eigenvalue weighted by atomic mass is 16.5. The van der Waals surface area contributed by atoms with Crippen molar-refractivity contribution in [3.05, 3.63) is 167 Å². The number of hydrogen-bond donors (Lipinski definition) is 0. The van der Waals surface area contributed by atoms with Crippen molar-refractivity contribution in [2.24, 2.45) is 11.8 Å². The standard InChI is InChI=1S/C46H43NO/c1-30-12-10-17-36(32-13-4-3-5-14-32)31(2)28-42(30)33-22-25-35(26-23-33)47-43-20-8-6-15-38(43)39-27-24-34(29-44(39)47)37-18-11-19-41-40-16-7-9-21-45(40)48-46(37)41/h4,7-11,13-14,16-25,27-29,35-36,40,42,45H,1,3,5-6,12,15,26H2,2H3/b17-10-,31-28-. The summed E-state index contributed by atoms with van der Waals surface area (Å²) in [7, 11) is 0. The molecule has 0 bridgehead atoms. The van der Waals surface area contributed by atoms with E-state index in [1.165, 1.54) is 61.1 Å². The van der Waals surface area contributed by atoms with Crippen LogP contribution in [0.2, 0.25) is 0 Å². The molecule has 9 rings (SSSR count). The van der Waals surface area contributed by atoms with E-state index in [4.69, 9.17) is 4.74 Å². The Morgan fingerprint density at radius 1 is 0.833 bits per heavy atom. The maximum Gasteiger partial charge on any atom is 0.132 e. The molecular weight excluding hydrogens is 583 g/mol. The molecular formula is C46H43NO. The molecule has 48 heavy (non-hydrogen) atoms. The Bertz CT molecular complexity index is 2110. The van der Waals surface area contributed by atoms with Crippen LogP contribution in [0.5, 0.6) is 5.75 Å². The van der Waals surface area contributed by atoms with Crippen LogP contribution in [0.1, 0.15) is 67.8 Å². The largest absolute Gasteiger partial charge is 0.484 e. The summed E-state index contributed by atoms with van der Waals surface area (Å²) in [6, 6.07) is 14.0. The number of benzene rings is 2. The Morgan fingerprint density at radius 3 is 2.60 bits per heavy atom. The lowest BCUT2D eigenvalue weighted by Crippen LogP contribution is -2.15. The molecule has 6 aliphatic rings. The summed E-state index contributed by atoms with van der Waals surface area (Å²) in [5.74, 6) is 1.91. The van der Waals surface area contributed by atoms with Gasteiger partial charge in [-0.15, -0.1) is 0 Å². The Labute approximate surface area is 284 Å². The van der Waals surface area contributed by atoms with Crippen LogP contribution < -0.4 is 4.74 Å². The van der Waals surface area contributed by atoms with Crippen LogP contribution in [0.15, 0.2) is 150 Å². The molecule has 5 aliphatic carbocycles. The Kier molecular flexibility index (Phi) is 7.34. The number of para-hydroxylation sites is 1. The number of nitrogens with zero attached hydrogens (tertiary/aromatic N) is 1.